The van der Waals surface area contributed by atoms with Crippen LogP contribution in [0.15, 0.2) is 34.2 Å². The summed E-state index contributed by atoms with van der Waals surface area (Å²) >= 11 is 1.16. The number of nitrogens with zero attached hydrogens (tertiary/aromatic N) is 2. The SMILES string of the molecule is CC(=O)Nc1ccc(-c2csc(NC(=O)c3cc(C)on3)n2)c(F)c1. The fourth-order valence-electron chi connectivity index (χ4n) is 2.09. The number of carbonyl (C=O) groups is 2. The molecule has 0 radical (unpaired) electrons. The summed E-state index contributed by atoms with van der Waals surface area (Å²) < 4.78 is 19.1. The van der Waals surface area contributed by atoms with Gasteiger partial charge in [-0.2, -0.15) is 0 Å². The summed E-state index contributed by atoms with van der Waals surface area (Å²) in [7, 11) is 0. The number of halogens is 1. The highest BCUT2D eigenvalue weighted by Gasteiger charge is 2.15. The first kappa shape index (κ1) is 16.8. The molecule has 25 heavy (non-hydrogen) atoms. The fraction of sp³-hybridized carbons (Fsp3) is 0.125. The lowest BCUT2D eigenvalue weighted by molar-refractivity contribution is -0.114. The van der Waals surface area contributed by atoms with Crippen molar-refractivity contribution >= 4 is 34.0 Å². The van der Waals surface area contributed by atoms with Crippen LogP contribution in [0.4, 0.5) is 15.2 Å². The predicted octanol–water partition coefficient (Wildman–Crippen LogP) is 3.46. The molecule has 2 aromatic heterocycles. The minimum Gasteiger partial charge on any atom is -0.361 e. The third-order valence-electron chi connectivity index (χ3n) is 3.15. The second-order valence-corrected chi connectivity index (χ2v) is 6.05. The Bertz CT molecular complexity index is 951. The molecule has 0 saturated carbocycles. The van der Waals surface area contributed by atoms with E-state index in [4.69, 9.17) is 4.52 Å². The van der Waals surface area contributed by atoms with Gasteiger partial charge in [0, 0.05) is 29.6 Å². The largest absolute Gasteiger partial charge is 0.361 e. The molecule has 7 nitrogen and oxygen atoms in total. The van der Waals surface area contributed by atoms with Gasteiger partial charge < -0.3 is 9.84 Å². The Labute approximate surface area is 145 Å². The summed E-state index contributed by atoms with van der Waals surface area (Å²) in [5.74, 6) is -0.749. The Morgan fingerprint density at radius 2 is 2.04 bits per heavy atom. The topological polar surface area (TPSA) is 97.1 Å². The van der Waals surface area contributed by atoms with Crippen molar-refractivity contribution in [1.82, 2.24) is 10.1 Å². The molecule has 0 aliphatic heterocycles. The summed E-state index contributed by atoms with van der Waals surface area (Å²) in [6.45, 7) is 3.02. The zero-order valence-corrected chi connectivity index (χ0v) is 14.1. The monoisotopic (exact) mass is 360 g/mol. The molecule has 2 amide bonds. The molecule has 0 aliphatic carbocycles. The molecule has 1 aromatic carbocycles. The maximum Gasteiger partial charge on any atom is 0.279 e. The number of aryl methyl sites for hydroxylation is 1. The lowest BCUT2D eigenvalue weighted by Gasteiger charge is -2.04. The van der Waals surface area contributed by atoms with E-state index in [0.29, 0.717) is 22.3 Å². The summed E-state index contributed by atoms with van der Waals surface area (Å²) in [6.07, 6.45) is 0. The smallest absolute Gasteiger partial charge is 0.279 e. The molecule has 0 atom stereocenters. The van der Waals surface area contributed by atoms with Crippen molar-refractivity contribution in [1.29, 1.82) is 0 Å². The highest BCUT2D eigenvalue weighted by Crippen LogP contribution is 2.28. The first-order valence-corrected chi connectivity index (χ1v) is 8.08. The van der Waals surface area contributed by atoms with Crippen LogP contribution in [0.2, 0.25) is 0 Å². The summed E-state index contributed by atoms with van der Waals surface area (Å²) in [5, 5.41) is 10.6. The van der Waals surface area contributed by atoms with Gasteiger partial charge >= 0.3 is 0 Å². The molecule has 2 N–H and O–H groups in total. The van der Waals surface area contributed by atoms with Gasteiger partial charge in [0.2, 0.25) is 5.91 Å². The van der Waals surface area contributed by atoms with E-state index in [1.807, 2.05) is 0 Å². The Balaban J connectivity index is 1.77. The van der Waals surface area contributed by atoms with Gasteiger partial charge in [0.15, 0.2) is 10.8 Å². The maximum absolute atomic E-state index is 14.2. The predicted molar refractivity (Wildman–Crippen MR) is 91.0 cm³/mol. The van der Waals surface area contributed by atoms with Crippen molar-refractivity contribution in [3.8, 4) is 11.3 Å². The van der Waals surface area contributed by atoms with E-state index in [9.17, 15) is 14.0 Å². The highest BCUT2D eigenvalue weighted by atomic mass is 32.1. The fourth-order valence-corrected chi connectivity index (χ4v) is 2.80. The first-order chi connectivity index (χ1) is 11.9. The van der Waals surface area contributed by atoms with E-state index in [-0.39, 0.29) is 17.2 Å². The third kappa shape index (κ3) is 3.89. The Kier molecular flexibility index (Phi) is 4.57. The van der Waals surface area contributed by atoms with Crippen LogP contribution in [0, 0.1) is 12.7 Å². The van der Waals surface area contributed by atoms with Crippen LogP contribution in [-0.2, 0) is 4.79 Å². The number of carbonyl (C=O) groups excluding carboxylic acids is 2. The molecule has 0 saturated heterocycles. The summed E-state index contributed by atoms with van der Waals surface area (Å²) in [5.41, 5.74) is 1.14. The number of aromatic nitrogens is 2. The second kappa shape index (κ2) is 6.81. The van der Waals surface area contributed by atoms with E-state index >= 15 is 0 Å². The molecule has 0 fully saturated rings. The van der Waals surface area contributed by atoms with Gasteiger partial charge in [0.05, 0.1) is 5.69 Å². The molecule has 0 aliphatic rings. The normalized spacial score (nSPS) is 10.5. The van der Waals surface area contributed by atoms with Crippen LogP contribution >= 0.6 is 11.3 Å². The average molecular weight is 360 g/mol. The number of amides is 2. The van der Waals surface area contributed by atoms with Crippen molar-refractivity contribution in [3.63, 3.8) is 0 Å². The van der Waals surface area contributed by atoms with Gasteiger partial charge in [-0.1, -0.05) is 5.16 Å². The first-order valence-electron chi connectivity index (χ1n) is 7.20. The van der Waals surface area contributed by atoms with E-state index in [1.54, 1.807) is 18.4 Å². The van der Waals surface area contributed by atoms with Gasteiger partial charge in [-0.05, 0) is 25.1 Å². The van der Waals surface area contributed by atoms with Crippen LogP contribution in [-0.4, -0.2) is 22.0 Å². The number of rotatable bonds is 4. The zero-order valence-electron chi connectivity index (χ0n) is 13.3. The van der Waals surface area contributed by atoms with Crippen LogP contribution in [0.3, 0.4) is 0 Å². The number of anilines is 2. The highest BCUT2D eigenvalue weighted by molar-refractivity contribution is 7.14. The van der Waals surface area contributed by atoms with Gasteiger partial charge in [-0.25, -0.2) is 9.37 Å². The quantitative estimate of drug-likeness (QED) is 0.743. The minimum atomic E-state index is -0.526. The molecule has 0 bridgehead atoms. The third-order valence-corrected chi connectivity index (χ3v) is 3.91. The number of benzene rings is 1. The molecule has 0 spiro atoms. The molecule has 2 heterocycles. The van der Waals surface area contributed by atoms with Crippen LogP contribution in [0.1, 0.15) is 23.2 Å². The Morgan fingerprint density at radius 1 is 1.24 bits per heavy atom. The van der Waals surface area contributed by atoms with Crippen molar-refractivity contribution < 1.29 is 18.5 Å². The maximum atomic E-state index is 14.2. The van der Waals surface area contributed by atoms with Crippen molar-refractivity contribution in [3.05, 3.63) is 46.9 Å². The lowest BCUT2D eigenvalue weighted by Crippen LogP contribution is -2.11. The molecule has 0 unspecified atom stereocenters. The van der Waals surface area contributed by atoms with Crippen LogP contribution < -0.4 is 10.6 Å². The van der Waals surface area contributed by atoms with Crippen molar-refractivity contribution in [2.75, 3.05) is 10.6 Å². The van der Waals surface area contributed by atoms with Gasteiger partial charge in [0.25, 0.3) is 5.91 Å². The average Bonchev–Trinajstić information content (AvgIpc) is 3.16. The standard InChI is InChI=1S/C16H13FN4O3S/c1-8-5-13(21-24-8)15(23)20-16-19-14(7-25-16)11-4-3-10(6-12(11)17)18-9(2)22/h3-7H,1-2H3,(H,18,22)(H,19,20,23). The van der Waals surface area contributed by atoms with E-state index < -0.39 is 11.7 Å². The van der Waals surface area contributed by atoms with Crippen LogP contribution in [0.25, 0.3) is 11.3 Å². The van der Waals surface area contributed by atoms with Crippen molar-refractivity contribution in [2.24, 2.45) is 0 Å². The van der Waals surface area contributed by atoms with Gasteiger partial charge in [-0.15, -0.1) is 11.3 Å². The van der Waals surface area contributed by atoms with E-state index in [2.05, 4.69) is 20.8 Å². The molecular formula is C16H13FN4O3S. The van der Waals surface area contributed by atoms with E-state index in [0.717, 1.165) is 11.3 Å². The Morgan fingerprint density at radius 3 is 2.68 bits per heavy atom. The number of hydrogen-bond acceptors (Lipinski definition) is 6. The van der Waals surface area contributed by atoms with Gasteiger partial charge in [-0.3, -0.25) is 14.9 Å². The molecule has 3 aromatic rings. The Hall–Kier alpha value is -3.07. The molecular weight excluding hydrogens is 347 g/mol. The van der Waals surface area contributed by atoms with Crippen molar-refractivity contribution in [2.45, 2.75) is 13.8 Å². The summed E-state index contributed by atoms with van der Waals surface area (Å²) in [6, 6.07) is 5.81. The van der Waals surface area contributed by atoms with Crippen LogP contribution in [0.5, 0.6) is 0 Å². The minimum absolute atomic E-state index is 0.139. The summed E-state index contributed by atoms with van der Waals surface area (Å²) in [4.78, 5) is 27.2. The molecule has 128 valence electrons. The molecule has 3 rings (SSSR count). The number of nitrogens with one attached hydrogen (secondary N) is 2. The lowest BCUT2D eigenvalue weighted by atomic mass is 10.1. The number of thiazole rings is 1. The van der Waals surface area contributed by atoms with Gasteiger partial charge in [0.1, 0.15) is 11.6 Å². The molecule has 9 heteroatoms. The zero-order chi connectivity index (χ0) is 18.0. The van der Waals surface area contributed by atoms with E-state index in [1.165, 1.54) is 25.1 Å². The second-order valence-electron chi connectivity index (χ2n) is 5.19. The number of hydrogen-bond donors (Lipinski definition) is 2.